The smallest absolute Gasteiger partial charge is 0.307 e. The maximum absolute atomic E-state index is 11.1. The van der Waals surface area contributed by atoms with Gasteiger partial charge in [0.25, 0.3) is 0 Å². The molecule has 0 bridgehead atoms. The number of rotatable bonds is 13. The molecule has 1 aromatic heterocycles. The lowest BCUT2D eigenvalue weighted by molar-refractivity contribution is -0.136. The van der Waals surface area contributed by atoms with E-state index in [-0.39, 0.29) is 30.7 Å². The minimum absolute atomic E-state index is 0. The van der Waals surface area contributed by atoms with Crippen LogP contribution in [0.4, 0.5) is 0 Å². The highest BCUT2D eigenvalue weighted by molar-refractivity contribution is 5.85. The number of aryl methyl sites for hydroxylation is 1. The Morgan fingerprint density at radius 1 is 0.872 bits per heavy atom. The standard InChI is InChI=1S/C33H36N2O3.ClH/c1-25(24-38-31-18-10-12-27(19-31)20-33(36)37)21-35(22-30-17-9-11-26(2)34-30)23-32(28-13-5-3-6-14-28)29-15-7-4-8-16-29;/h3-19,25,32H,20-24H2,1-2H3,(H,36,37);1H. The van der Waals surface area contributed by atoms with Crippen molar-refractivity contribution in [3.8, 4) is 5.75 Å². The highest BCUT2D eigenvalue weighted by atomic mass is 35.5. The summed E-state index contributed by atoms with van der Waals surface area (Å²) < 4.78 is 6.10. The lowest BCUT2D eigenvalue weighted by atomic mass is 9.90. The summed E-state index contributed by atoms with van der Waals surface area (Å²) in [5, 5.41) is 9.10. The molecule has 4 aromatic rings. The molecule has 0 fully saturated rings. The Morgan fingerprint density at radius 3 is 2.13 bits per heavy atom. The molecule has 1 N–H and O–H groups in total. The molecular weight excluding hydrogens is 508 g/mol. The van der Waals surface area contributed by atoms with E-state index in [1.165, 1.54) is 11.1 Å². The van der Waals surface area contributed by atoms with E-state index in [0.717, 1.165) is 36.6 Å². The summed E-state index contributed by atoms with van der Waals surface area (Å²) >= 11 is 0. The molecule has 0 aliphatic carbocycles. The summed E-state index contributed by atoms with van der Waals surface area (Å²) in [7, 11) is 0. The van der Waals surface area contributed by atoms with Gasteiger partial charge in [-0.05, 0) is 47.9 Å². The van der Waals surface area contributed by atoms with Gasteiger partial charge in [-0.25, -0.2) is 0 Å². The van der Waals surface area contributed by atoms with E-state index in [4.69, 9.17) is 14.8 Å². The van der Waals surface area contributed by atoms with E-state index in [1.54, 1.807) is 0 Å². The second-order valence-electron chi connectivity index (χ2n) is 9.97. The molecule has 0 saturated heterocycles. The average Bonchev–Trinajstić information content (AvgIpc) is 2.91. The van der Waals surface area contributed by atoms with Crippen LogP contribution in [0.15, 0.2) is 103 Å². The van der Waals surface area contributed by atoms with Crippen molar-refractivity contribution in [3.63, 3.8) is 0 Å². The van der Waals surface area contributed by atoms with Crippen LogP contribution >= 0.6 is 12.4 Å². The first kappa shape index (κ1) is 29.9. The predicted octanol–water partition coefficient (Wildman–Crippen LogP) is 6.79. The lowest BCUT2D eigenvalue weighted by Crippen LogP contribution is -2.34. The Bertz CT molecular complexity index is 1260. The molecule has 39 heavy (non-hydrogen) atoms. The minimum atomic E-state index is -0.845. The number of halogens is 1. The Morgan fingerprint density at radius 2 is 1.51 bits per heavy atom. The molecule has 5 nitrogen and oxygen atoms in total. The third kappa shape index (κ3) is 9.54. The number of carbonyl (C=O) groups is 1. The molecule has 0 amide bonds. The van der Waals surface area contributed by atoms with Crippen LogP contribution in [-0.4, -0.2) is 40.7 Å². The molecule has 1 heterocycles. The molecule has 204 valence electrons. The van der Waals surface area contributed by atoms with Crippen molar-refractivity contribution in [3.05, 3.63) is 131 Å². The molecular formula is C33H37ClN2O3. The zero-order valence-electron chi connectivity index (χ0n) is 22.6. The summed E-state index contributed by atoms with van der Waals surface area (Å²) in [6, 6.07) is 34.9. The van der Waals surface area contributed by atoms with Crippen molar-refractivity contribution < 1.29 is 14.6 Å². The highest BCUT2D eigenvalue weighted by Gasteiger charge is 2.21. The van der Waals surface area contributed by atoms with Gasteiger partial charge < -0.3 is 9.84 Å². The van der Waals surface area contributed by atoms with Crippen molar-refractivity contribution in [2.24, 2.45) is 5.92 Å². The third-order valence-corrected chi connectivity index (χ3v) is 6.53. The number of nitrogens with zero attached hydrogens (tertiary/aromatic N) is 2. The molecule has 3 aromatic carbocycles. The minimum Gasteiger partial charge on any atom is -0.493 e. The Labute approximate surface area is 237 Å². The number of carboxylic acids is 1. The second-order valence-corrected chi connectivity index (χ2v) is 9.97. The van der Waals surface area contributed by atoms with Gasteiger partial charge in [-0.2, -0.15) is 0 Å². The van der Waals surface area contributed by atoms with Crippen molar-refractivity contribution in [1.29, 1.82) is 0 Å². The summed E-state index contributed by atoms with van der Waals surface area (Å²) in [6.07, 6.45) is -0.00954. The van der Waals surface area contributed by atoms with Crippen LogP contribution in [0.2, 0.25) is 0 Å². The number of aliphatic carboxylic acids is 1. The van der Waals surface area contributed by atoms with Gasteiger partial charge in [-0.1, -0.05) is 85.8 Å². The van der Waals surface area contributed by atoms with E-state index in [1.807, 2.05) is 37.3 Å². The number of hydrogen-bond donors (Lipinski definition) is 1. The number of benzene rings is 3. The van der Waals surface area contributed by atoms with Gasteiger partial charge in [-0.3, -0.25) is 14.7 Å². The SMILES string of the molecule is Cc1cccc(CN(CC(C)COc2cccc(CC(=O)O)c2)CC(c2ccccc2)c2ccccc2)n1.Cl. The molecule has 0 radical (unpaired) electrons. The fourth-order valence-corrected chi connectivity index (χ4v) is 4.80. The summed E-state index contributed by atoms with van der Waals surface area (Å²) in [6.45, 7) is 7.19. The van der Waals surface area contributed by atoms with E-state index in [9.17, 15) is 4.79 Å². The van der Waals surface area contributed by atoms with E-state index < -0.39 is 5.97 Å². The Hall–Kier alpha value is -3.67. The van der Waals surface area contributed by atoms with E-state index in [2.05, 4.69) is 84.6 Å². The van der Waals surface area contributed by atoms with Crippen LogP contribution < -0.4 is 4.74 Å². The van der Waals surface area contributed by atoms with Gasteiger partial charge in [0.05, 0.1) is 18.7 Å². The van der Waals surface area contributed by atoms with E-state index in [0.29, 0.717) is 12.4 Å². The number of ether oxygens (including phenoxy) is 1. The fraction of sp³-hybridized carbons (Fsp3) is 0.273. The lowest BCUT2D eigenvalue weighted by Gasteiger charge is -2.30. The summed E-state index contributed by atoms with van der Waals surface area (Å²) in [5.74, 6) is 0.328. The van der Waals surface area contributed by atoms with Gasteiger partial charge in [0.15, 0.2) is 0 Å². The third-order valence-electron chi connectivity index (χ3n) is 6.53. The normalized spacial score (nSPS) is 11.7. The second kappa shape index (κ2) is 15.1. The molecule has 4 rings (SSSR count). The maximum Gasteiger partial charge on any atom is 0.307 e. The summed E-state index contributed by atoms with van der Waals surface area (Å²) in [5.41, 5.74) is 5.39. The molecule has 1 atom stereocenters. The van der Waals surface area contributed by atoms with Gasteiger partial charge in [0.1, 0.15) is 5.75 Å². The van der Waals surface area contributed by atoms with Crippen molar-refractivity contribution >= 4 is 18.4 Å². The molecule has 0 aliphatic heterocycles. The molecule has 0 spiro atoms. The van der Waals surface area contributed by atoms with Crippen LogP contribution in [0.5, 0.6) is 5.75 Å². The largest absolute Gasteiger partial charge is 0.493 e. The van der Waals surface area contributed by atoms with Gasteiger partial charge in [-0.15, -0.1) is 12.4 Å². The monoisotopic (exact) mass is 544 g/mol. The van der Waals surface area contributed by atoms with Crippen molar-refractivity contribution in [1.82, 2.24) is 9.88 Å². The summed E-state index contributed by atoms with van der Waals surface area (Å²) in [4.78, 5) is 18.3. The number of hydrogen-bond acceptors (Lipinski definition) is 4. The zero-order chi connectivity index (χ0) is 26.7. The van der Waals surface area contributed by atoms with Gasteiger partial charge >= 0.3 is 5.97 Å². The Kier molecular flexibility index (Phi) is 11.5. The average molecular weight is 545 g/mol. The number of aromatic nitrogens is 1. The molecule has 0 saturated carbocycles. The Balaban J connectivity index is 0.00000420. The first-order valence-electron chi connectivity index (χ1n) is 13.1. The van der Waals surface area contributed by atoms with Gasteiger partial charge in [0.2, 0.25) is 0 Å². The molecule has 0 aliphatic rings. The van der Waals surface area contributed by atoms with Crippen LogP contribution in [0, 0.1) is 12.8 Å². The predicted molar refractivity (Wildman–Crippen MR) is 159 cm³/mol. The van der Waals surface area contributed by atoms with Crippen molar-refractivity contribution in [2.75, 3.05) is 19.7 Å². The topological polar surface area (TPSA) is 62.7 Å². The van der Waals surface area contributed by atoms with Crippen molar-refractivity contribution in [2.45, 2.75) is 32.7 Å². The van der Waals surface area contributed by atoms with Crippen LogP contribution in [-0.2, 0) is 17.8 Å². The first-order valence-corrected chi connectivity index (χ1v) is 13.1. The first-order chi connectivity index (χ1) is 18.5. The van der Waals surface area contributed by atoms with Crippen LogP contribution in [0.3, 0.4) is 0 Å². The van der Waals surface area contributed by atoms with Gasteiger partial charge in [0, 0.05) is 37.2 Å². The number of carboxylic acid groups (broad SMARTS) is 1. The number of pyridine rings is 1. The highest BCUT2D eigenvalue weighted by Crippen LogP contribution is 2.27. The molecule has 1 unspecified atom stereocenters. The fourth-order valence-electron chi connectivity index (χ4n) is 4.80. The van der Waals surface area contributed by atoms with E-state index >= 15 is 0 Å². The maximum atomic E-state index is 11.1. The van der Waals surface area contributed by atoms with Crippen LogP contribution in [0.1, 0.15) is 40.9 Å². The zero-order valence-corrected chi connectivity index (χ0v) is 23.4. The quantitative estimate of drug-likeness (QED) is 0.201. The molecule has 6 heteroatoms. The van der Waals surface area contributed by atoms with Crippen LogP contribution in [0.25, 0.3) is 0 Å².